The lowest BCUT2D eigenvalue weighted by molar-refractivity contribution is 0.0990. The normalized spacial score (nSPS) is 10.5. The van der Waals surface area contributed by atoms with Gasteiger partial charge in [0.05, 0.1) is 0 Å². The first-order valence-electron chi connectivity index (χ1n) is 3.66. The minimum absolute atomic E-state index is 0.0156. The lowest BCUT2D eigenvalue weighted by Gasteiger charge is -1.89. The number of hydrogen-bond donors (Lipinski definition) is 1. The van der Waals surface area contributed by atoms with Crippen LogP contribution in [0.15, 0.2) is 12.3 Å². The van der Waals surface area contributed by atoms with Crippen LogP contribution in [0.4, 0.5) is 0 Å². The summed E-state index contributed by atoms with van der Waals surface area (Å²) in [4.78, 5) is 18.6. The van der Waals surface area contributed by atoms with Gasteiger partial charge in [0.25, 0.3) is 11.7 Å². The highest BCUT2D eigenvalue weighted by Gasteiger charge is 2.08. The van der Waals surface area contributed by atoms with E-state index in [0.717, 1.165) is 5.69 Å². The third-order valence-corrected chi connectivity index (χ3v) is 1.57. The quantitative estimate of drug-likeness (QED) is 0.638. The van der Waals surface area contributed by atoms with Crippen LogP contribution in [0.2, 0.25) is 0 Å². The Labute approximate surface area is 73.4 Å². The van der Waals surface area contributed by atoms with Gasteiger partial charge in [-0.2, -0.15) is 4.98 Å². The minimum atomic E-state index is -0.650. The van der Waals surface area contributed by atoms with Crippen LogP contribution in [0.3, 0.4) is 0 Å². The number of fused-ring (bicyclic) bond motifs is 1. The maximum Gasteiger partial charge on any atom is 0.288 e. The average molecular weight is 177 g/mol. The number of rotatable bonds is 1. The number of aryl methyl sites for hydroxylation is 1. The smallest absolute Gasteiger partial charge is 0.288 e. The zero-order chi connectivity index (χ0) is 9.42. The van der Waals surface area contributed by atoms with Gasteiger partial charge in [0.2, 0.25) is 5.82 Å². The fourth-order valence-electron chi connectivity index (χ4n) is 0.969. The number of nitrogens with zero attached hydrogens (tertiary/aromatic N) is 4. The van der Waals surface area contributed by atoms with Gasteiger partial charge in [0.1, 0.15) is 0 Å². The van der Waals surface area contributed by atoms with E-state index in [4.69, 9.17) is 5.73 Å². The number of carbonyl (C=O) groups excluding carboxylic acids is 1. The van der Waals surface area contributed by atoms with Crippen molar-refractivity contribution in [2.45, 2.75) is 6.92 Å². The van der Waals surface area contributed by atoms with Gasteiger partial charge in [0, 0.05) is 11.9 Å². The SMILES string of the molecule is Cc1ccn2nc(C(N)=O)nc2n1. The molecule has 2 rings (SSSR count). The Bertz CT molecular complexity index is 475. The first-order chi connectivity index (χ1) is 6.16. The van der Waals surface area contributed by atoms with Crippen LogP contribution in [0.5, 0.6) is 0 Å². The standard InChI is InChI=1S/C7H7N5O/c1-4-2-3-12-7(9-4)10-6(11-12)5(8)13/h2-3H,1H3,(H2,8,13). The molecule has 0 fully saturated rings. The summed E-state index contributed by atoms with van der Waals surface area (Å²) < 4.78 is 1.41. The predicted octanol–water partition coefficient (Wildman–Crippen LogP) is -0.468. The summed E-state index contributed by atoms with van der Waals surface area (Å²) in [5, 5.41) is 3.82. The number of carbonyl (C=O) groups is 1. The molecule has 0 atom stereocenters. The van der Waals surface area contributed by atoms with Crippen LogP contribution in [0.25, 0.3) is 5.78 Å². The Morgan fingerprint density at radius 2 is 2.31 bits per heavy atom. The first-order valence-corrected chi connectivity index (χ1v) is 3.66. The maximum atomic E-state index is 10.7. The molecule has 0 saturated carbocycles. The summed E-state index contributed by atoms with van der Waals surface area (Å²) in [6, 6.07) is 1.77. The largest absolute Gasteiger partial charge is 0.363 e. The van der Waals surface area contributed by atoms with Crippen LogP contribution in [-0.4, -0.2) is 25.5 Å². The highest BCUT2D eigenvalue weighted by molar-refractivity contribution is 5.89. The predicted molar refractivity (Wildman–Crippen MR) is 44.0 cm³/mol. The molecular weight excluding hydrogens is 170 g/mol. The van der Waals surface area contributed by atoms with Gasteiger partial charge in [-0.15, -0.1) is 5.10 Å². The number of nitrogens with two attached hydrogens (primary N) is 1. The second-order valence-corrected chi connectivity index (χ2v) is 2.61. The number of amides is 1. The van der Waals surface area contributed by atoms with Crippen molar-refractivity contribution in [3.05, 3.63) is 23.8 Å². The third kappa shape index (κ3) is 1.22. The Morgan fingerprint density at radius 1 is 1.54 bits per heavy atom. The zero-order valence-electron chi connectivity index (χ0n) is 6.93. The lowest BCUT2D eigenvalue weighted by Crippen LogP contribution is -2.12. The van der Waals surface area contributed by atoms with E-state index >= 15 is 0 Å². The molecule has 1 amide bonds. The van der Waals surface area contributed by atoms with Crippen molar-refractivity contribution in [1.29, 1.82) is 0 Å². The van der Waals surface area contributed by atoms with E-state index in [-0.39, 0.29) is 5.82 Å². The molecule has 6 nitrogen and oxygen atoms in total. The zero-order valence-corrected chi connectivity index (χ0v) is 6.93. The molecule has 2 aromatic heterocycles. The van der Waals surface area contributed by atoms with E-state index in [1.54, 1.807) is 12.3 Å². The monoisotopic (exact) mass is 177 g/mol. The van der Waals surface area contributed by atoms with Crippen LogP contribution in [-0.2, 0) is 0 Å². The lowest BCUT2D eigenvalue weighted by atomic mass is 10.5. The average Bonchev–Trinajstić information content (AvgIpc) is 2.46. The third-order valence-electron chi connectivity index (χ3n) is 1.57. The molecule has 0 aliphatic carbocycles. The van der Waals surface area contributed by atoms with E-state index in [2.05, 4.69) is 15.1 Å². The van der Waals surface area contributed by atoms with Gasteiger partial charge < -0.3 is 5.73 Å². The molecule has 0 radical (unpaired) electrons. The Hall–Kier alpha value is -1.98. The Morgan fingerprint density at radius 3 is 3.00 bits per heavy atom. The van der Waals surface area contributed by atoms with Gasteiger partial charge in [0.15, 0.2) is 0 Å². The van der Waals surface area contributed by atoms with E-state index in [9.17, 15) is 4.79 Å². The molecule has 0 spiro atoms. The molecule has 2 heterocycles. The molecule has 6 heteroatoms. The van der Waals surface area contributed by atoms with E-state index in [1.165, 1.54) is 4.52 Å². The van der Waals surface area contributed by atoms with Gasteiger partial charge in [-0.1, -0.05) is 0 Å². The van der Waals surface area contributed by atoms with Crippen molar-refractivity contribution >= 4 is 11.7 Å². The summed E-state index contributed by atoms with van der Waals surface area (Å²) in [6.07, 6.45) is 1.68. The van der Waals surface area contributed by atoms with Crippen molar-refractivity contribution in [3.63, 3.8) is 0 Å². The fraction of sp³-hybridized carbons (Fsp3) is 0.143. The molecule has 2 N–H and O–H groups in total. The van der Waals surface area contributed by atoms with E-state index in [0.29, 0.717) is 5.78 Å². The van der Waals surface area contributed by atoms with Crippen LogP contribution in [0.1, 0.15) is 16.3 Å². The molecule has 0 saturated heterocycles. The first kappa shape index (κ1) is 7.66. The molecule has 13 heavy (non-hydrogen) atoms. The van der Waals surface area contributed by atoms with Gasteiger partial charge >= 0.3 is 0 Å². The Kier molecular flexibility index (Phi) is 1.48. The van der Waals surface area contributed by atoms with Crippen LogP contribution in [0, 0.1) is 6.92 Å². The molecule has 0 aliphatic rings. The number of aromatic nitrogens is 4. The molecule has 2 aromatic rings. The van der Waals surface area contributed by atoms with Crippen molar-refractivity contribution < 1.29 is 4.79 Å². The highest BCUT2D eigenvalue weighted by atomic mass is 16.1. The molecular formula is C7H7N5O. The minimum Gasteiger partial charge on any atom is -0.363 e. The summed E-state index contributed by atoms with van der Waals surface area (Å²) >= 11 is 0. The molecule has 0 bridgehead atoms. The summed E-state index contributed by atoms with van der Waals surface area (Å²) in [6.45, 7) is 1.83. The maximum absolute atomic E-state index is 10.7. The fourth-order valence-corrected chi connectivity index (χ4v) is 0.969. The summed E-state index contributed by atoms with van der Waals surface area (Å²) in [5.74, 6) is -0.282. The number of hydrogen-bond acceptors (Lipinski definition) is 4. The van der Waals surface area contributed by atoms with E-state index < -0.39 is 5.91 Å². The topological polar surface area (TPSA) is 86.2 Å². The van der Waals surface area contributed by atoms with Crippen LogP contribution >= 0.6 is 0 Å². The van der Waals surface area contributed by atoms with Gasteiger partial charge in [-0.05, 0) is 13.0 Å². The second kappa shape index (κ2) is 2.51. The van der Waals surface area contributed by atoms with Crippen molar-refractivity contribution in [1.82, 2.24) is 19.6 Å². The molecule has 0 aromatic carbocycles. The van der Waals surface area contributed by atoms with Gasteiger partial charge in [-0.3, -0.25) is 4.79 Å². The molecule has 66 valence electrons. The van der Waals surface area contributed by atoms with Crippen molar-refractivity contribution in [2.24, 2.45) is 5.73 Å². The molecule has 0 aliphatic heterocycles. The highest BCUT2D eigenvalue weighted by Crippen LogP contribution is 1.98. The van der Waals surface area contributed by atoms with Crippen molar-refractivity contribution in [2.75, 3.05) is 0 Å². The second-order valence-electron chi connectivity index (χ2n) is 2.61. The summed E-state index contributed by atoms with van der Waals surface area (Å²) in [7, 11) is 0. The summed E-state index contributed by atoms with van der Waals surface area (Å²) in [5.41, 5.74) is 5.83. The number of primary amides is 1. The van der Waals surface area contributed by atoms with Gasteiger partial charge in [-0.25, -0.2) is 9.50 Å². The van der Waals surface area contributed by atoms with Crippen molar-refractivity contribution in [3.8, 4) is 0 Å². The van der Waals surface area contributed by atoms with E-state index in [1.807, 2.05) is 6.92 Å². The van der Waals surface area contributed by atoms with Crippen LogP contribution < -0.4 is 5.73 Å². The molecule has 0 unspecified atom stereocenters. The Balaban J connectivity index is 2.68.